The Bertz CT molecular complexity index is 1290. The summed E-state index contributed by atoms with van der Waals surface area (Å²) in [6.45, 7) is 8.71. The van der Waals surface area contributed by atoms with Gasteiger partial charge in [0.15, 0.2) is 0 Å². The van der Waals surface area contributed by atoms with Gasteiger partial charge in [0.2, 0.25) is 10.0 Å². The number of hydrogen-bond acceptors (Lipinski definition) is 6. The average Bonchev–Trinajstić information content (AvgIpc) is 2.91. The van der Waals surface area contributed by atoms with Gasteiger partial charge in [0.1, 0.15) is 0 Å². The molecule has 224 valence electrons. The van der Waals surface area contributed by atoms with Gasteiger partial charge in [-0.15, -0.1) is 11.3 Å². The second-order valence-corrected chi connectivity index (χ2v) is 12.5. The van der Waals surface area contributed by atoms with Crippen LogP contribution in [-0.4, -0.2) is 79.8 Å². The van der Waals surface area contributed by atoms with Crippen molar-refractivity contribution in [1.82, 2.24) is 20.1 Å². The number of aliphatic hydroxyl groups excluding tert-OH is 1. The fraction of sp³-hybridized carbons (Fsp3) is 0.484. The van der Waals surface area contributed by atoms with Crippen LogP contribution in [0.5, 0.6) is 0 Å². The molecule has 41 heavy (non-hydrogen) atoms. The fourth-order valence-electron chi connectivity index (χ4n) is 4.56. The number of hydrogen-bond donors (Lipinski definition) is 3. The van der Waals surface area contributed by atoms with Crippen molar-refractivity contribution in [3.8, 4) is 12.3 Å². The van der Waals surface area contributed by atoms with Crippen LogP contribution in [0.2, 0.25) is 0 Å². The first kappa shape index (κ1) is 34.0. The van der Waals surface area contributed by atoms with Crippen molar-refractivity contribution in [2.45, 2.75) is 59.1 Å². The van der Waals surface area contributed by atoms with E-state index in [0.717, 1.165) is 18.4 Å². The minimum absolute atomic E-state index is 0.0574. The molecule has 0 aliphatic rings. The number of sulfonamides is 1. The van der Waals surface area contributed by atoms with Crippen LogP contribution in [0.1, 0.15) is 72.4 Å². The quantitative estimate of drug-likeness (QED) is 0.206. The van der Waals surface area contributed by atoms with E-state index >= 15 is 0 Å². The Morgan fingerprint density at radius 1 is 1.02 bits per heavy atom. The largest absolute Gasteiger partial charge is 0.390 e. The van der Waals surface area contributed by atoms with Gasteiger partial charge in [0, 0.05) is 43.4 Å². The molecular formula is C31H44N4O5S. The van der Waals surface area contributed by atoms with Gasteiger partial charge in [-0.3, -0.25) is 9.59 Å². The minimum atomic E-state index is -3.59. The standard InChI is InChI=1S/C31H44N4O5S/c1-7-15-35(16-8-2)31(38)27-18-24(9-3)17-26(20-27)30(37)32-28(19-25-13-11-10-12-14-25)29(36)21-34(6)33-41(39,40)22-23(4)5/h3,10-14,17-18,20,23,28-29,33,36H,7-8,15-16,19,21-22H2,1-2,4-6H3,(H,32,37). The van der Waals surface area contributed by atoms with Crippen LogP contribution in [0.25, 0.3) is 0 Å². The zero-order valence-electron chi connectivity index (χ0n) is 24.8. The molecule has 0 aromatic heterocycles. The fourth-order valence-corrected chi connectivity index (χ4v) is 6.07. The highest BCUT2D eigenvalue weighted by molar-refractivity contribution is 7.89. The Kier molecular flexibility index (Phi) is 13.5. The van der Waals surface area contributed by atoms with Crippen LogP contribution in [0, 0.1) is 18.3 Å². The van der Waals surface area contributed by atoms with Gasteiger partial charge in [-0.2, -0.15) is 0 Å². The Labute approximate surface area is 245 Å². The van der Waals surface area contributed by atoms with E-state index in [4.69, 9.17) is 6.42 Å². The van der Waals surface area contributed by atoms with Gasteiger partial charge in [-0.25, -0.2) is 13.4 Å². The van der Waals surface area contributed by atoms with Crippen LogP contribution < -0.4 is 10.1 Å². The Balaban J connectivity index is 2.32. The van der Waals surface area contributed by atoms with Crippen molar-refractivity contribution in [2.24, 2.45) is 5.92 Å². The molecule has 2 unspecified atom stereocenters. The molecule has 0 heterocycles. The van der Waals surface area contributed by atoms with Crippen LogP contribution in [0.4, 0.5) is 0 Å². The van der Waals surface area contributed by atoms with E-state index < -0.39 is 28.1 Å². The van der Waals surface area contributed by atoms with Gasteiger partial charge in [0.05, 0.1) is 17.9 Å². The first-order valence-electron chi connectivity index (χ1n) is 14.0. The Hall–Kier alpha value is -3.23. The maximum Gasteiger partial charge on any atom is 0.253 e. The molecule has 2 amide bonds. The molecule has 0 spiro atoms. The van der Waals surface area contributed by atoms with Crippen LogP contribution in [-0.2, 0) is 16.4 Å². The van der Waals surface area contributed by atoms with Crippen molar-refractivity contribution >= 4 is 21.8 Å². The maximum absolute atomic E-state index is 13.5. The highest BCUT2D eigenvalue weighted by Gasteiger charge is 2.26. The number of benzene rings is 2. The number of likely N-dealkylation sites (N-methyl/N-ethyl adjacent to an activating group) is 1. The van der Waals surface area contributed by atoms with Crippen molar-refractivity contribution in [2.75, 3.05) is 32.4 Å². The molecule has 0 saturated heterocycles. The summed E-state index contributed by atoms with van der Waals surface area (Å²) in [5.74, 6) is 1.70. The van der Waals surface area contributed by atoms with E-state index in [1.165, 1.54) is 24.2 Å². The lowest BCUT2D eigenvalue weighted by Gasteiger charge is -2.28. The van der Waals surface area contributed by atoms with Crippen LogP contribution >= 0.6 is 0 Å². The van der Waals surface area contributed by atoms with E-state index in [9.17, 15) is 23.1 Å². The van der Waals surface area contributed by atoms with Crippen molar-refractivity contribution < 1.29 is 23.1 Å². The highest BCUT2D eigenvalue weighted by Crippen LogP contribution is 2.15. The number of carbonyl (C=O) groups excluding carboxylic acids is 2. The number of aliphatic hydroxyl groups is 1. The maximum atomic E-state index is 13.5. The van der Waals surface area contributed by atoms with Crippen molar-refractivity contribution in [3.63, 3.8) is 0 Å². The summed E-state index contributed by atoms with van der Waals surface area (Å²) in [5.41, 5.74) is 1.80. The van der Waals surface area contributed by atoms with Gasteiger partial charge in [-0.05, 0) is 48.9 Å². The minimum Gasteiger partial charge on any atom is -0.390 e. The summed E-state index contributed by atoms with van der Waals surface area (Å²) in [5, 5.41) is 15.4. The number of hydrazine groups is 1. The van der Waals surface area contributed by atoms with Gasteiger partial charge in [-0.1, -0.05) is 63.9 Å². The zero-order chi connectivity index (χ0) is 30.6. The lowest BCUT2D eigenvalue weighted by molar-refractivity contribution is 0.0687. The van der Waals surface area contributed by atoms with E-state index in [2.05, 4.69) is 16.1 Å². The number of rotatable bonds is 16. The molecule has 2 atom stereocenters. The summed E-state index contributed by atoms with van der Waals surface area (Å²) < 4.78 is 24.8. The third kappa shape index (κ3) is 11.3. The Morgan fingerprint density at radius 3 is 2.20 bits per heavy atom. The third-order valence-electron chi connectivity index (χ3n) is 6.27. The number of terminal acetylenes is 1. The van der Waals surface area contributed by atoms with E-state index in [-0.39, 0.29) is 29.7 Å². The molecule has 10 heteroatoms. The molecule has 0 aliphatic carbocycles. The monoisotopic (exact) mass is 584 g/mol. The van der Waals surface area contributed by atoms with Crippen LogP contribution in [0.3, 0.4) is 0 Å². The van der Waals surface area contributed by atoms with Gasteiger partial charge >= 0.3 is 0 Å². The first-order chi connectivity index (χ1) is 19.4. The molecule has 0 saturated carbocycles. The lowest BCUT2D eigenvalue weighted by Crippen LogP contribution is -2.52. The molecule has 0 aliphatic heterocycles. The normalized spacial score (nSPS) is 13.0. The molecule has 0 fully saturated rings. The van der Waals surface area contributed by atoms with E-state index in [1.54, 1.807) is 24.8 Å². The SMILES string of the molecule is C#Cc1cc(C(=O)NC(Cc2ccccc2)C(O)CN(C)NS(=O)(=O)CC(C)C)cc(C(=O)N(CCC)CCC)c1. The molecule has 3 N–H and O–H groups in total. The number of nitrogens with one attached hydrogen (secondary N) is 2. The number of carbonyl (C=O) groups is 2. The summed E-state index contributed by atoms with van der Waals surface area (Å²) in [6, 6.07) is 13.2. The van der Waals surface area contributed by atoms with Crippen LogP contribution in [0.15, 0.2) is 48.5 Å². The predicted octanol–water partition coefficient (Wildman–Crippen LogP) is 3.05. The summed E-state index contributed by atoms with van der Waals surface area (Å²) in [6.07, 6.45) is 6.42. The topological polar surface area (TPSA) is 119 Å². The van der Waals surface area contributed by atoms with E-state index in [1.807, 2.05) is 44.2 Å². The second-order valence-electron chi connectivity index (χ2n) is 10.7. The number of amides is 2. The van der Waals surface area contributed by atoms with Crippen molar-refractivity contribution in [3.05, 3.63) is 70.8 Å². The molecule has 2 aromatic carbocycles. The predicted molar refractivity (Wildman–Crippen MR) is 163 cm³/mol. The molecular weight excluding hydrogens is 540 g/mol. The van der Waals surface area contributed by atoms with E-state index in [0.29, 0.717) is 30.6 Å². The van der Waals surface area contributed by atoms with Crippen molar-refractivity contribution in [1.29, 1.82) is 0 Å². The lowest BCUT2D eigenvalue weighted by atomic mass is 9.99. The summed E-state index contributed by atoms with van der Waals surface area (Å²) in [4.78, 5) is 31.0. The summed E-state index contributed by atoms with van der Waals surface area (Å²) in [7, 11) is -2.07. The molecule has 2 rings (SSSR count). The second kappa shape index (κ2) is 16.3. The van der Waals surface area contributed by atoms with Gasteiger partial charge in [0.25, 0.3) is 11.8 Å². The van der Waals surface area contributed by atoms with Gasteiger partial charge < -0.3 is 15.3 Å². The first-order valence-corrected chi connectivity index (χ1v) is 15.7. The Morgan fingerprint density at radius 2 is 1.63 bits per heavy atom. The highest BCUT2D eigenvalue weighted by atomic mass is 32.2. The molecule has 2 aromatic rings. The summed E-state index contributed by atoms with van der Waals surface area (Å²) >= 11 is 0. The molecule has 0 bridgehead atoms. The smallest absolute Gasteiger partial charge is 0.253 e. The number of nitrogens with zero attached hydrogens (tertiary/aromatic N) is 2. The third-order valence-corrected chi connectivity index (χ3v) is 7.97. The average molecular weight is 585 g/mol. The zero-order valence-corrected chi connectivity index (χ0v) is 25.6. The molecule has 0 radical (unpaired) electrons. The molecule has 9 nitrogen and oxygen atoms in total.